The summed E-state index contributed by atoms with van der Waals surface area (Å²) in [4.78, 5) is 27.1. The molecule has 0 unspecified atom stereocenters. The molecular formula is C15H19N5O5. The molecule has 0 aliphatic carbocycles. The molecule has 3 N–H and O–H groups in total. The normalized spacial score (nSPS) is 10.2. The van der Waals surface area contributed by atoms with E-state index < -0.39 is 11.9 Å². The third-order valence-electron chi connectivity index (χ3n) is 2.95. The number of nitrogens with one attached hydrogen (secondary N) is 3. The lowest BCUT2D eigenvalue weighted by Gasteiger charge is -2.09. The van der Waals surface area contributed by atoms with Crippen LogP contribution in [-0.4, -0.2) is 49.5 Å². The number of methoxy groups -OCH3 is 1. The van der Waals surface area contributed by atoms with Gasteiger partial charge in [0.15, 0.2) is 0 Å². The second kappa shape index (κ2) is 9.23. The van der Waals surface area contributed by atoms with Gasteiger partial charge >= 0.3 is 6.03 Å². The number of rotatable bonds is 8. The standard InChI is InChI=1S/C15H19N5O5/c1-16-14(21)13-19-12(25-20-13)9-17-15(22)18-10-4-3-5-11(8-10)24-7-6-23-2/h3-5,8H,6-7,9H2,1-2H3,(H,16,21)(H2,17,18,22). The van der Waals surface area contributed by atoms with Crippen LogP contribution in [0.4, 0.5) is 10.5 Å². The Morgan fingerprint density at radius 1 is 1.28 bits per heavy atom. The highest BCUT2D eigenvalue weighted by Crippen LogP contribution is 2.17. The van der Waals surface area contributed by atoms with Gasteiger partial charge in [0.2, 0.25) is 5.89 Å². The molecule has 0 aliphatic rings. The second-order valence-corrected chi connectivity index (χ2v) is 4.77. The van der Waals surface area contributed by atoms with Gasteiger partial charge in [0.05, 0.1) is 13.2 Å². The molecule has 1 aromatic carbocycles. The van der Waals surface area contributed by atoms with Crippen molar-refractivity contribution in [2.45, 2.75) is 6.54 Å². The fraction of sp³-hybridized carbons (Fsp3) is 0.333. The first-order chi connectivity index (χ1) is 12.1. The van der Waals surface area contributed by atoms with Crippen LogP contribution in [0.15, 0.2) is 28.8 Å². The molecule has 25 heavy (non-hydrogen) atoms. The van der Waals surface area contributed by atoms with Crippen LogP contribution in [0.1, 0.15) is 16.5 Å². The Hall–Kier alpha value is -3.14. The van der Waals surface area contributed by atoms with Crippen LogP contribution in [-0.2, 0) is 11.3 Å². The van der Waals surface area contributed by atoms with Gasteiger partial charge in [-0.2, -0.15) is 4.98 Å². The van der Waals surface area contributed by atoms with E-state index in [-0.39, 0.29) is 18.3 Å². The molecule has 0 bridgehead atoms. The summed E-state index contributed by atoms with van der Waals surface area (Å²) < 4.78 is 15.2. The van der Waals surface area contributed by atoms with Crippen LogP contribution < -0.4 is 20.7 Å². The molecule has 3 amide bonds. The van der Waals surface area contributed by atoms with E-state index in [0.717, 1.165) is 0 Å². The van der Waals surface area contributed by atoms with E-state index in [2.05, 4.69) is 26.1 Å². The molecule has 0 aliphatic heterocycles. The maximum absolute atomic E-state index is 11.9. The monoisotopic (exact) mass is 349 g/mol. The van der Waals surface area contributed by atoms with E-state index in [9.17, 15) is 9.59 Å². The minimum atomic E-state index is -0.468. The number of amides is 3. The van der Waals surface area contributed by atoms with E-state index in [1.54, 1.807) is 31.4 Å². The van der Waals surface area contributed by atoms with E-state index in [1.165, 1.54) is 7.05 Å². The fourth-order valence-corrected chi connectivity index (χ4v) is 1.77. The first-order valence-electron chi connectivity index (χ1n) is 7.43. The Morgan fingerprint density at radius 3 is 2.88 bits per heavy atom. The minimum absolute atomic E-state index is 0.0140. The first kappa shape index (κ1) is 18.2. The largest absolute Gasteiger partial charge is 0.491 e. The first-order valence-corrected chi connectivity index (χ1v) is 7.43. The number of ether oxygens (including phenoxy) is 2. The Morgan fingerprint density at radius 2 is 2.12 bits per heavy atom. The number of aromatic nitrogens is 2. The van der Waals surface area contributed by atoms with Crippen LogP contribution in [0.5, 0.6) is 5.75 Å². The lowest BCUT2D eigenvalue weighted by Crippen LogP contribution is -2.28. The maximum atomic E-state index is 11.9. The van der Waals surface area contributed by atoms with Crippen LogP contribution in [0.25, 0.3) is 0 Å². The maximum Gasteiger partial charge on any atom is 0.319 e. The van der Waals surface area contributed by atoms with E-state index in [1.807, 2.05) is 0 Å². The van der Waals surface area contributed by atoms with Gasteiger partial charge in [-0.3, -0.25) is 4.79 Å². The Labute approximate surface area is 143 Å². The van der Waals surface area contributed by atoms with Crippen molar-refractivity contribution in [1.82, 2.24) is 20.8 Å². The van der Waals surface area contributed by atoms with Crippen molar-refractivity contribution in [2.24, 2.45) is 0 Å². The number of carbonyl (C=O) groups is 2. The van der Waals surface area contributed by atoms with Gasteiger partial charge in [-0.15, -0.1) is 0 Å². The van der Waals surface area contributed by atoms with Gasteiger partial charge in [0.1, 0.15) is 12.4 Å². The molecule has 0 atom stereocenters. The molecular weight excluding hydrogens is 330 g/mol. The Kier molecular flexibility index (Phi) is 6.72. The number of hydrogen-bond acceptors (Lipinski definition) is 7. The van der Waals surface area contributed by atoms with E-state index in [0.29, 0.717) is 24.7 Å². The summed E-state index contributed by atoms with van der Waals surface area (Å²) in [6, 6.07) is 6.47. The summed E-state index contributed by atoms with van der Waals surface area (Å²) in [5, 5.41) is 11.1. The number of benzene rings is 1. The van der Waals surface area contributed by atoms with Crippen LogP contribution in [0.3, 0.4) is 0 Å². The fourth-order valence-electron chi connectivity index (χ4n) is 1.77. The summed E-state index contributed by atoms with van der Waals surface area (Å²) in [7, 11) is 3.05. The predicted molar refractivity (Wildman–Crippen MR) is 87.4 cm³/mol. The van der Waals surface area contributed by atoms with Crippen LogP contribution in [0.2, 0.25) is 0 Å². The molecule has 10 nitrogen and oxygen atoms in total. The lowest BCUT2D eigenvalue weighted by molar-refractivity contribution is 0.0950. The van der Waals surface area contributed by atoms with Crippen molar-refractivity contribution in [3.8, 4) is 5.75 Å². The Bertz CT molecular complexity index is 718. The molecule has 2 rings (SSSR count). The number of nitrogens with zero attached hydrogens (tertiary/aromatic N) is 2. The average molecular weight is 349 g/mol. The van der Waals surface area contributed by atoms with Gasteiger partial charge < -0.3 is 29.9 Å². The highest BCUT2D eigenvalue weighted by atomic mass is 16.5. The number of hydrogen-bond donors (Lipinski definition) is 3. The number of anilines is 1. The third-order valence-corrected chi connectivity index (χ3v) is 2.95. The van der Waals surface area contributed by atoms with E-state index >= 15 is 0 Å². The zero-order chi connectivity index (χ0) is 18.1. The zero-order valence-corrected chi connectivity index (χ0v) is 13.9. The lowest BCUT2D eigenvalue weighted by atomic mass is 10.3. The summed E-state index contributed by atoms with van der Waals surface area (Å²) in [6.07, 6.45) is 0. The highest BCUT2D eigenvalue weighted by molar-refractivity contribution is 5.90. The summed E-state index contributed by atoms with van der Waals surface area (Å²) >= 11 is 0. The van der Waals surface area contributed by atoms with Gasteiger partial charge in [-0.25, -0.2) is 4.79 Å². The van der Waals surface area contributed by atoms with Crippen molar-refractivity contribution in [2.75, 3.05) is 32.7 Å². The van der Waals surface area contributed by atoms with Gasteiger partial charge in [-0.1, -0.05) is 11.2 Å². The molecule has 0 fully saturated rings. The highest BCUT2D eigenvalue weighted by Gasteiger charge is 2.13. The van der Waals surface area contributed by atoms with Gasteiger partial charge in [0, 0.05) is 25.9 Å². The molecule has 0 radical (unpaired) electrons. The molecule has 0 saturated heterocycles. The Balaban J connectivity index is 1.82. The van der Waals surface area contributed by atoms with E-state index in [4.69, 9.17) is 14.0 Å². The molecule has 2 aromatic rings. The SMILES string of the molecule is CNC(=O)c1noc(CNC(=O)Nc2cccc(OCCOC)c2)n1. The molecule has 134 valence electrons. The molecule has 1 heterocycles. The predicted octanol–water partition coefficient (Wildman–Crippen LogP) is 0.776. The van der Waals surface area contributed by atoms with Gasteiger partial charge in [-0.05, 0) is 12.1 Å². The average Bonchev–Trinajstić information content (AvgIpc) is 3.09. The molecule has 0 spiro atoms. The second-order valence-electron chi connectivity index (χ2n) is 4.77. The van der Waals surface area contributed by atoms with Crippen molar-refractivity contribution < 1.29 is 23.6 Å². The van der Waals surface area contributed by atoms with Crippen molar-refractivity contribution >= 4 is 17.6 Å². The quantitative estimate of drug-likeness (QED) is 0.601. The van der Waals surface area contributed by atoms with Crippen LogP contribution >= 0.6 is 0 Å². The zero-order valence-electron chi connectivity index (χ0n) is 13.9. The van der Waals surface area contributed by atoms with Crippen molar-refractivity contribution in [3.05, 3.63) is 36.0 Å². The third kappa shape index (κ3) is 5.77. The molecule has 10 heteroatoms. The van der Waals surface area contributed by atoms with Crippen molar-refractivity contribution in [1.29, 1.82) is 0 Å². The van der Waals surface area contributed by atoms with Crippen LogP contribution in [0, 0.1) is 0 Å². The molecule has 1 aromatic heterocycles. The van der Waals surface area contributed by atoms with Gasteiger partial charge in [0.25, 0.3) is 11.7 Å². The summed E-state index contributed by atoms with van der Waals surface area (Å²) in [5.41, 5.74) is 0.559. The topological polar surface area (TPSA) is 128 Å². The summed E-state index contributed by atoms with van der Waals surface area (Å²) in [6.45, 7) is 0.872. The minimum Gasteiger partial charge on any atom is -0.491 e. The van der Waals surface area contributed by atoms with Crippen molar-refractivity contribution in [3.63, 3.8) is 0 Å². The number of carbonyl (C=O) groups excluding carboxylic acids is 2. The number of urea groups is 1. The summed E-state index contributed by atoms with van der Waals surface area (Å²) in [5.74, 6) is 0.165. The smallest absolute Gasteiger partial charge is 0.319 e. The molecule has 0 saturated carbocycles.